The molecule has 0 aliphatic carbocycles. The number of hydrogen-bond donors (Lipinski definition) is 0. The van der Waals surface area contributed by atoms with Crippen LogP contribution in [0.15, 0.2) is 0 Å². The summed E-state index contributed by atoms with van der Waals surface area (Å²) in [5.74, 6) is 0.403. The number of esters is 1. The highest BCUT2D eigenvalue weighted by molar-refractivity contribution is 5.71. The number of methoxy groups -OCH3 is 1. The van der Waals surface area contributed by atoms with Crippen molar-refractivity contribution in [2.24, 2.45) is 11.3 Å². The monoisotopic (exact) mass is 213 g/mol. The summed E-state index contributed by atoms with van der Waals surface area (Å²) < 4.78 is 10.2. The molecule has 2 unspecified atom stereocenters. The lowest BCUT2D eigenvalue weighted by Crippen LogP contribution is -2.37. The minimum atomic E-state index is -0.154. The zero-order valence-electron chi connectivity index (χ0n) is 9.66. The smallest absolute Gasteiger partial charge is 0.319 e. The average Bonchev–Trinajstić information content (AvgIpc) is 2.71. The molecule has 86 valence electrons. The lowest BCUT2D eigenvalue weighted by atomic mass is 9.80. The highest BCUT2D eigenvalue weighted by atomic mass is 16.5. The molecule has 0 amide bonds. The molecular formula is C11H19NO3. The summed E-state index contributed by atoms with van der Waals surface area (Å²) in [7, 11) is 1.44. The van der Waals surface area contributed by atoms with Crippen molar-refractivity contribution < 1.29 is 14.3 Å². The van der Waals surface area contributed by atoms with Crippen LogP contribution in [0.25, 0.3) is 0 Å². The largest absolute Gasteiger partial charge is 0.468 e. The van der Waals surface area contributed by atoms with Crippen LogP contribution < -0.4 is 0 Å². The molecule has 0 bridgehead atoms. The molecule has 0 aromatic heterocycles. The summed E-state index contributed by atoms with van der Waals surface area (Å²) >= 11 is 0. The van der Waals surface area contributed by atoms with Crippen LogP contribution in [0.3, 0.4) is 0 Å². The molecule has 4 nitrogen and oxygen atoms in total. The van der Waals surface area contributed by atoms with Gasteiger partial charge in [0, 0.05) is 18.5 Å². The van der Waals surface area contributed by atoms with Gasteiger partial charge in [0.05, 0.1) is 26.9 Å². The zero-order chi connectivity index (χ0) is 11.1. The van der Waals surface area contributed by atoms with Gasteiger partial charge < -0.3 is 9.47 Å². The van der Waals surface area contributed by atoms with Gasteiger partial charge in [-0.3, -0.25) is 9.69 Å². The van der Waals surface area contributed by atoms with Crippen molar-refractivity contribution in [3.63, 3.8) is 0 Å². The molecule has 0 radical (unpaired) electrons. The Kier molecular flexibility index (Phi) is 2.73. The Morgan fingerprint density at radius 3 is 2.93 bits per heavy atom. The molecule has 2 aliphatic heterocycles. The molecule has 0 aromatic carbocycles. The summed E-state index contributed by atoms with van der Waals surface area (Å²) in [5.41, 5.74) is 0.245. The van der Waals surface area contributed by atoms with Crippen LogP contribution in [0.1, 0.15) is 13.8 Å². The number of rotatable bonds is 2. The predicted molar refractivity (Wildman–Crippen MR) is 55.5 cm³/mol. The molecule has 2 saturated heterocycles. The van der Waals surface area contributed by atoms with E-state index >= 15 is 0 Å². The lowest BCUT2D eigenvalue weighted by Gasteiger charge is -2.23. The predicted octanol–water partition coefficient (Wildman–Crippen LogP) is 0.516. The summed E-state index contributed by atoms with van der Waals surface area (Å²) in [6, 6.07) is 0.402. The number of hydrogen-bond acceptors (Lipinski definition) is 4. The van der Waals surface area contributed by atoms with Gasteiger partial charge in [-0.15, -0.1) is 0 Å². The Morgan fingerprint density at radius 1 is 1.53 bits per heavy atom. The third-order valence-corrected chi connectivity index (χ3v) is 3.69. The molecule has 2 rings (SSSR count). The van der Waals surface area contributed by atoms with Gasteiger partial charge in [-0.1, -0.05) is 13.8 Å². The van der Waals surface area contributed by atoms with Crippen LogP contribution in [0.2, 0.25) is 0 Å². The molecular weight excluding hydrogens is 194 g/mol. The third-order valence-electron chi connectivity index (χ3n) is 3.69. The van der Waals surface area contributed by atoms with Crippen LogP contribution in [-0.2, 0) is 14.3 Å². The van der Waals surface area contributed by atoms with Crippen LogP contribution in [0.4, 0.5) is 0 Å². The first-order valence-electron chi connectivity index (χ1n) is 5.43. The van der Waals surface area contributed by atoms with Gasteiger partial charge >= 0.3 is 5.97 Å². The second-order valence-corrected chi connectivity index (χ2v) is 5.18. The van der Waals surface area contributed by atoms with E-state index in [1.807, 2.05) is 0 Å². The van der Waals surface area contributed by atoms with Crippen LogP contribution in [0.5, 0.6) is 0 Å². The van der Waals surface area contributed by atoms with Crippen molar-refractivity contribution in [3.05, 3.63) is 0 Å². The van der Waals surface area contributed by atoms with Gasteiger partial charge in [0.25, 0.3) is 0 Å². The van der Waals surface area contributed by atoms with E-state index in [1.54, 1.807) is 0 Å². The minimum absolute atomic E-state index is 0.154. The SMILES string of the molecule is COC(=O)CN1CC(C)(C)C2COCC21. The normalized spacial score (nSPS) is 34.1. The molecule has 0 saturated carbocycles. The van der Waals surface area contributed by atoms with E-state index in [0.717, 1.165) is 19.8 Å². The number of ether oxygens (including phenoxy) is 2. The summed E-state index contributed by atoms with van der Waals surface area (Å²) in [6.07, 6.45) is 0. The van der Waals surface area contributed by atoms with E-state index in [1.165, 1.54) is 7.11 Å². The Balaban J connectivity index is 2.05. The van der Waals surface area contributed by atoms with Gasteiger partial charge in [0.2, 0.25) is 0 Å². The van der Waals surface area contributed by atoms with Gasteiger partial charge in [0.1, 0.15) is 0 Å². The average molecular weight is 213 g/mol. The second-order valence-electron chi connectivity index (χ2n) is 5.18. The summed E-state index contributed by atoms with van der Waals surface area (Å²) in [5, 5.41) is 0. The highest BCUT2D eigenvalue weighted by Gasteiger charge is 2.50. The lowest BCUT2D eigenvalue weighted by molar-refractivity contribution is -0.142. The van der Waals surface area contributed by atoms with E-state index in [0.29, 0.717) is 18.5 Å². The van der Waals surface area contributed by atoms with Crippen molar-refractivity contribution in [2.45, 2.75) is 19.9 Å². The number of nitrogens with zero attached hydrogens (tertiary/aromatic N) is 1. The molecule has 0 spiro atoms. The second kappa shape index (κ2) is 3.76. The fraction of sp³-hybridized carbons (Fsp3) is 0.909. The molecule has 2 aliphatic rings. The zero-order valence-corrected chi connectivity index (χ0v) is 9.66. The summed E-state index contributed by atoms with van der Waals surface area (Å²) in [4.78, 5) is 13.5. The van der Waals surface area contributed by atoms with Crippen molar-refractivity contribution in [3.8, 4) is 0 Å². The van der Waals surface area contributed by atoms with Crippen molar-refractivity contribution in [1.29, 1.82) is 0 Å². The highest BCUT2D eigenvalue weighted by Crippen LogP contribution is 2.42. The Labute approximate surface area is 90.5 Å². The Hall–Kier alpha value is -0.610. The van der Waals surface area contributed by atoms with Crippen molar-refractivity contribution in [2.75, 3.05) is 33.4 Å². The van der Waals surface area contributed by atoms with Gasteiger partial charge in [-0.05, 0) is 5.41 Å². The van der Waals surface area contributed by atoms with E-state index < -0.39 is 0 Å². The fourth-order valence-corrected chi connectivity index (χ4v) is 2.81. The van der Waals surface area contributed by atoms with E-state index in [9.17, 15) is 4.79 Å². The summed E-state index contributed by atoms with van der Waals surface area (Å²) in [6.45, 7) is 7.43. The van der Waals surface area contributed by atoms with Crippen LogP contribution in [0, 0.1) is 11.3 Å². The molecule has 2 fully saturated rings. The third kappa shape index (κ3) is 1.88. The maximum absolute atomic E-state index is 11.3. The maximum atomic E-state index is 11.3. The van der Waals surface area contributed by atoms with Gasteiger partial charge in [0.15, 0.2) is 0 Å². The molecule has 0 aromatic rings. The minimum Gasteiger partial charge on any atom is -0.468 e. The number of carbonyl (C=O) groups is 1. The van der Waals surface area contributed by atoms with E-state index in [2.05, 4.69) is 18.7 Å². The first-order valence-corrected chi connectivity index (χ1v) is 5.43. The first-order chi connectivity index (χ1) is 7.04. The van der Waals surface area contributed by atoms with Crippen molar-refractivity contribution in [1.82, 2.24) is 4.90 Å². The topological polar surface area (TPSA) is 38.8 Å². The van der Waals surface area contributed by atoms with E-state index in [4.69, 9.17) is 9.47 Å². The van der Waals surface area contributed by atoms with Crippen molar-refractivity contribution >= 4 is 5.97 Å². The first kappa shape index (κ1) is 10.9. The number of carbonyl (C=O) groups excluding carboxylic acids is 1. The Morgan fingerprint density at radius 2 is 2.27 bits per heavy atom. The van der Waals surface area contributed by atoms with Crippen LogP contribution >= 0.6 is 0 Å². The van der Waals surface area contributed by atoms with Gasteiger partial charge in [-0.2, -0.15) is 0 Å². The van der Waals surface area contributed by atoms with Gasteiger partial charge in [-0.25, -0.2) is 0 Å². The Bertz CT molecular complexity index is 265. The maximum Gasteiger partial charge on any atom is 0.319 e. The van der Waals surface area contributed by atoms with Crippen LogP contribution in [-0.4, -0.2) is 50.3 Å². The molecule has 15 heavy (non-hydrogen) atoms. The molecule has 4 heteroatoms. The molecule has 2 heterocycles. The molecule has 0 N–H and O–H groups in total. The number of likely N-dealkylation sites (tertiary alicyclic amines) is 1. The number of fused-ring (bicyclic) bond motifs is 1. The standard InChI is InChI=1S/C11H19NO3/c1-11(2)7-12(4-10(13)14-3)9-6-15-5-8(9)11/h8-9H,4-7H2,1-3H3. The fourth-order valence-electron chi connectivity index (χ4n) is 2.81. The van der Waals surface area contributed by atoms with E-state index in [-0.39, 0.29) is 11.4 Å². The molecule has 2 atom stereocenters. The quantitative estimate of drug-likeness (QED) is 0.627.